The second-order valence-corrected chi connectivity index (χ2v) is 7.18. The van der Waals surface area contributed by atoms with Crippen LogP contribution in [0.25, 0.3) is 5.57 Å². The van der Waals surface area contributed by atoms with Gasteiger partial charge in [0.25, 0.3) is 5.91 Å². The predicted molar refractivity (Wildman–Crippen MR) is 96.6 cm³/mol. The van der Waals surface area contributed by atoms with Crippen molar-refractivity contribution < 1.29 is 13.6 Å². The standard InChI is InChI=1S/C21H20F2N2O/c1-12-10-13-4-2-5-15(13)19(12)14-8-9-18(24-11-14)25-21(26)20-16(22)6-3-7-17(20)23/h3,6-9,11,13,15H,2,4-5,10H2,1H3,(H,24,25,26). The van der Waals surface area contributed by atoms with E-state index in [4.69, 9.17) is 0 Å². The first-order valence-corrected chi connectivity index (χ1v) is 8.96. The Bertz CT molecular complexity index is 869. The lowest BCUT2D eigenvalue weighted by Crippen LogP contribution is -2.16. The molecule has 1 heterocycles. The lowest BCUT2D eigenvalue weighted by Gasteiger charge is -2.15. The number of hydrogen-bond acceptors (Lipinski definition) is 2. The number of benzene rings is 1. The molecule has 0 aliphatic heterocycles. The zero-order valence-electron chi connectivity index (χ0n) is 14.6. The van der Waals surface area contributed by atoms with Crippen LogP contribution in [-0.4, -0.2) is 10.9 Å². The van der Waals surface area contributed by atoms with Crippen molar-refractivity contribution in [3.63, 3.8) is 0 Å². The Balaban J connectivity index is 1.54. The molecule has 2 aromatic rings. The molecule has 2 atom stereocenters. The van der Waals surface area contributed by atoms with Gasteiger partial charge in [-0.2, -0.15) is 0 Å². The van der Waals surface area contributed by atoms with Crippen molar-refractivity contribution in [1.82, 2.24) is 4.98 Å². The molecule has 2 aliphatic carbocycles. The van der Waals surface area contributed by atoms with E-state index in [-0.39, 0.29) is 5.82 Å². The van der Waals surface area contributed by atoms with E-state index in [0.717, 1.165) is 30.0 Å². The number of halogens is 2. The molecule has 2 unspecified atom stereocenters. The largest absolute Gasteiger partial charge is 0.306 e. The Morgan fingerprint density at radius 1 is 1.15 bits per heavy atom. The fourth-order valence-electron chi connectivity index (χ4n) is 4.46. The van der Waals surface area contributed by atoms with Crippen LogP contribution in [-0.2, 0) is 0 Å². The highest BCUT2D eigenvalue weighted by atomic mass is 19.1. The monoisotopic (exact) mass is 354 g/mol. The number of fused-ring (bicyclic) bond motifs is 1. The number of nitrogens with zero attached hydrogens (tertiary/aromatic N) is 1. The van der Waals surface area contributed by atoms with E-state index in [0.29, 0.717) is 5.92 Å². The van der Waals surface area contributed by atoms with Gasteiger partial charge in [-0.3, -0.25) is 4.79 Å². The molecule has 3 nitrogen and oxygen atoms in total. The minimum absolute atomic E-state index is 0.278. The van der Waals surface area contributed by atoms with Gasteiger partial charge in [-0.1, -0.05) is 18.1 Å². The highest BCUT2D eigenvalue weighted by Crippen LogP contribution is 2.51. The highest BCUT2D eigenvalue weighted by molar-refractivity contribution is 6.04. The molecule has 4 rings (SSSR count). The van der Waals surface area contributed by atoms with Crippen LogP contribution in [0.2, 0.25) is 0 Å². The Morgan fingerprint density at radius 2 is 1.92 bits per heavy atom. The van der Waals surface area contributed by atoms with Crippen LogP contribution >= 0.6 is 0 Å². The van der Waals surface area contributed by atoms with Gasteiger partial charge in [0.15, 0.2) is 0 Å². The molecular formula is C21H20F2N2O. The number of carbonyl (C=O) groups is 1. The van der Waals surface area contributed by atoms with Crippen LogP contribution in [0.15, 0.2) is 42.1 Å². The summed E-state index contributed by atoms with van der Waals surface area (Å²) in [5, 5.41) is 2.47. The van der Waals surface area contributed by atoms with E-state index in [1.54, 1.807) is 12.3 Å². The number of carbonyl (C=O) groups excluding carboxylic acids is 1. The number of nitrogens with one attached hydrogen (secondary N) is 1. The summed E-state index contributed by atoms with van der Waals surface area (Å²) in [5.41, 5.74) is 3.29. The molecule has 134 valence electrons. The van der Waals surface area contributed by atoms with Crippen LogP contribution in [0, 0.1) is 23.5 Å². The molecule has 5 heteroatoms. The molecule has 26 heavy (non-hydrogen) atoms. The zero-order valence-corrected chi connectivity index (χ0v) is 14.6. The first kappa shape index (κ1) is 16.9. The van der Waals surface area contributed by atoms with E-state index < -0.39 is 23.1 Å². The number of allylic oxidation sites excluding steroid dienone is 2. The molecule has 0 saturated heterocycles. The van der Waals surface area contributed by atoms with Crippen molar-refractivity contribution >= 4 is 17.3 Å². The van der Waals surface area contributed by atoms with Gasteiger partial charge in [0.05, 0.1) is 0 Å². The molecule has 1 N–H and O–H groups in total. The number of aromatic nitrogens is 1. The Morgan fingerprint density at radius 3 is 2.62 bits per heavy atom. The predicted octanol–water partition coefficient (Wildman–Crippen LogP) is 5.21. The van der Waals surface area contributed by atoms with E-state index in [2.05, 4.69) is 17.2 Å². The molecule has 0 bridgehead atoms. The number of anilines is 1. The van der Waals surface area contributed by atoms with Crippen LogP contribution < -0.4 is 5.32 Å². The van der Waals surface area contributed by atoms with E-state index >= 15 is 0 Å². The lowest BCUT2D eigenvalue weighted by atomic mass is 9.91. The number of pyridine rings is 1. The second-order valence-electron chi connectivity index (χ2n) is 7.18. The van der Waals surface area contributed by atoms with Crippen molar-refractivity contribution in [2.45, 2.75) is 32.6 Å². The zero-order chi connectivity index (χ0) is 18.3. The minimum Gasteiger partial charge on any atom is -0.306 e. The third-order valence-corrected chi connectivity index (χ3v) is 5.56. The smallest absolute Gasteiger partial charge is 0.262 e. The Hall–Kier alpha value is -2.56. The van der Waals surface area contributed by atoms with Crippen molar-refractivity contribution in [1.29, 1.82) is 0 Å². The average Bonchev–Trinajstić information content (AvgIpc) is 3.15. The van der Waals surface area contributed by atoms with E-state index in [1.807, 2.05) is 6.07 Å². The lowest BCUT2D eigenvalue weighted by molar-refractivity contribution is 0.101. The number of hydrogen-bond donors (Lipinski definition) is 1. The van der Waals surface area contributed by atoms with Gasteiger partial charge in [-0.05, 0) is 73.4 Å². The van der Waals surface area contributed by atoms with Gasteiger partial charge in [0, 0.05) is 6.20 Å². The van der Waals surface area contributed by atoms with Crippen molar-refractivity contribution in [2.24, 2.45) is 11.8 Å². The Labute approximate surface area is 151 Å². The van der Waals surface area contributed by atoms with Gasteiger partial charge < -0.3 is 5.32 Å². The molecular weight excluding hydrogens is 334 g/mol. The van der Waals surface area contributed by atoms with E-state index in [1.165, 1.54) is 36.5 Å². The third kappa shape index (κ3) is 2.91. The topological polar surface area (TPSA) is 42.0 Å². The molecule has 0 radical (unpaired) electrons. The Kier molecular flexibility index (Phi) is 4.31. The maximum absolute atomic E-state index is 13.7. The van der Waals surface area contributed by atoms with Gasteiger partial charge in [0.2, 0.25) is 0 Å². The van der Waals surface area contributed by atoms with Gasteiger partial charge in [0.1, 0.15) is 23.0 Å². The molecule has 1 amide bonds. The highest BCUT2D eigenvalue weighted by Gasteiger charge is 2.36. The molecule has 1 fully saturated rings. The molecule has 2 aliphatic rings. The quantitative estimate of drug-likeness (QED) is 0.822. The first-order chi connectivity index (χ1) is 12.5. The third-order valence-electron chi connectivity index (χ3n) is 5.56. The summed E-state index contributed by atoms with van der Waals surface area (Å²) < 4.78 is 27.4. The summed E-state index contributed by atoms with van der Waals surface area (Å²) >= 11 is 0. The normalized spacial score (nSPS) is 21.8. The maximum atomic E-state index is 13.7. The molecule has 1 aromatic heterocycles. The SMILES string of the molecule is CC1=C(c2ccc(NC(=O)c3c(F)cccc3F)nc2)C2CCCC2C1. The molecule has 0 spiro atoms. The van der Waals surface area contributed by atoms with Crippen LogP contribution in [0.4, 0.5) is 14.6 Å². The fraction of sp³-hybridized carbons (Fsp3) is 0.333. The first-order valence-electron chi connectivity index (χ1n) is 8.96. The van der Waals surface area contributed by atoms with Gasteiger partial charge in [-0.15, -0.1) is 0 Å². The maximum Gasteiger partial charge on any atom is 0.262 e. The van der Waals surface area contributed by atoms with Crippen LogP contribution in [0.5, 0.6) is 0 Å². The summed E-state index contributed by atoms with van der Waals surface area (Å²) in [5.74, 6) is -0.969. The summed E-state index contributed by atoms with van der Waals surface area (Å²) in [6.07, 6.45) is 6.70. The number of rotatable bonds is 3. The summed E-state index contributed by atoms with van der Waals surface area (Å²) in [4.78, 5) is 16.4. The van der Waals surface area contributed by atoms with Crippen LogP contribution in [0.1, 0.15) is 48.5 Å². The van der Waals surface area contributed by atoms with Crippen LogP contribution in [0.3, 0.4) is 0 Å². The minimum atomic E-state index is -0.891. The number of amides is 1. The fourth-order valence-corrected chi connectivity index (χ4v) is 4.46. The summed E-state index contributed by atoms with van der Waals surface area (Å²) in [6.45, 7) is 2.18. The second kappa shape index (κ2) is 6.63. The average molecular weight is 354 g/mol. The summed E-state index contributed by atoms with van der Waals surface area (Å²) in [7, 11) is 0. The van der Waals surface area contributed by atoms with Crippen molar-refractivity contribution in [3.8, 4) is 0 Å². The summed E-state index contributed by atoms with van der Waals surface area (Å²) in [6, 6.07) is 6.96. The molecule has 1 saturated carbocycles. The molecule has 1 aromatic carbocycles. The van der Waals surface area contributed by atoms with Gasteiger partial charge in [-0.25, -0.2) is 13.8 Å². The van der Waals surface area contributed by atoms with Crippen molar-refractivity contribution in [2.75, 3.05) is 5.32 Å². The van der Waals surface area contributed by atoms with E-state index in [9.17, 15) is 13.6 Å². The van der Waals surface area contributed by atoms with Crippen molar-refractivity contribution in [3.05, 3.63) is 64.9 Å². The van der Waals surface area contributed by atoms with Gasteiger partial charge >= 0.3 is 0 Å².